The summed E-state index contributed by atoms with van der Waals surface area (Å²) < 4.78 is 1.86. The van der Waals surface area contributed by atoms with Crippen molar-refractivity contribution in [2.24, 2.45) is 0 Å². The smallest absolute Gasteiger partial charge is 0.329 e. The van der Waals surface area contributed by atoms with Gasteiger partial charge < -0.3 is 10.4 Å². The zero-order chi connectivity index (χ0) is 14.9. The number of fused-ring (bicyclic) bond motifs is 1. The van der Waals surface area contributed by atoms with Crippen LogP contribution in [0.1, 0.15) is 41.7 Å². The number of aromatic nitrogens is 2. The van der Waals surface area contributed by atoms with Gasteiger partial charge >= 0.3 is 5.97 Å². The zero-order valence-corrected chi connectivity index (χ0v) is 12.6. The van der Waals surface area contributed by atoms with Crippen LogP contribution in [0, 0.1) is 0 Å². The van der Waals surface area contributed by atoms with E-state index in [0.29, 0.717) is 18.4 Å². The summed E-state index contributed by atoms with van der Waals surface area (Å²) in [4.78, 5) is 24.1. The molecular formula is C14H19N3O3S. The highest BCUT2D eigenvalue weighted by atomic mass is 32.2. The number of carbonyl (C=O) groups excluding carboxylic acids is 1. The number of hydrogen-bond acceptors (Lipinski definition) is 4. The lowest BCUT2D eigenvalue weighted by atomic mass is 9.91. The molecule has 3 rings (SSSR count). The molecule has 21 heavy (non-hydrogen) atoms. The van der Waals surface area contributed by atoms with Crippen LogP contribution in [0.2, 0.25) is 0 Å². The predicted octanol–water partition coefficient (Wildman–Crippen LogP) is 1.30. The van der Waals surface area contributed by atoms with E-state index in [1.807, 2.05) is 4.68 Å². The number of carboxylic acid groups (broad SMARTS) is 1. The average molecular weight is 309 g/mol. The molecule has 0 radical (unpaired) electrons. The van der Waals surface area contributed by atoms with E-state index < -0.39 is 11.5 Å². The Labute approximate surface area is 127 Å². The number of rotatable bonds is 3. The van der Waals surface area contributed by atoms with Crippen molar-refractivity contribution < 1.29 is 14.7 Å². The molecule has 0 aromatic carbocycles. The van der Waals surface area contributed by atoms with Gasteiger partial charge in [0.1, 0.15) is 5.54 Å². The van der Waals surface area contributed by atoms with E-state index in [0.717, 1.165) is 43.0 Å². The summed E-state index contributed by atoms with van der Waals surface area (Å²) in [7, 11) is 0. The molecule has 7 heteroatoms. The third-order valence-electron chi connectivity index (χ3n) is 4.34. The molecule has 0 unspecified atom stereocenters. The number of hydrogen-bond donors (Lipinski definition) is 2. The SMILES string of the molecule is O=C(NC1(C(=O)O)CCSCC1)c1cnn2c1CCCC2. The molecule has 0 saturated carbocycles. The van der Waals surface area contributed by atoms with Crippen molar-refractivity contribution in [3.8, 4) is 0 Å². The Bertz CT molecular complexity index is 564. The molecule has 1 saturated heterocycles. The number of nitrogens with zero attached hydrogens (tertiary/aromatic N) is 2. The van der Waals surface area contributed by atoms with E-state index in [4.69, 9.17) is 0 Å². The van der Waals surface area contributed by atoms with Crippen LogP contribution in [0.15, 0.2) is 6.20 Å². The number of carbonyl (C=O) groups is 2. The normalized spacial score (nSPS) is 20.6. The van der Waals surface area contributed by atoms with Gasteiger partial charge in [-0.15, -0.1) is 0 Å². The minimum atomic E-state index is -1.12. The first-order valence-corrected chi connectivity index (χ1v) is 8.46. The first-order valence-electron chi connectivity index (χ1n) is 7.31. The number of aliphatic carboxylic acids is 1. The van der Waals surface area contributed by atoms with Crippen molar-refractivity contribution in [1.82, 2.24) is 15.1 Å². The van der Waals surface area contributed by atoms with Gasteiger partial charge in [-0.05, 0) is 43.6 Å². The van der Waals surface area contributed by atoms with Crippen LogP contribution in [-0.2, 0) is 17.8 Å². The predicted molar refractivity (Wildman–Crippen MR) is 79.6 cm³/mol. The number of aryl methyl sites for hydroxylation is 1. The van der Waals surface area contributed by atoms with E-state index in [9.17, 15) is 14.7 Å². The second kappa shape index (κ2) is 5.71. The molecule has 1 aromatic heterocycles. The largest absolute Gasteiger partial charge is 0.480 e. The molecule has 1 amide bonds. The van der Waals surface area contributed by atoms with Crippen molar-refractivity contribution in [1.29, 1.82) is 0 Å². The van der Waals surface area contributed by atoms with Gasteiger partial charge in [-0.1, -0.05) is 0 Å². The van der Waals surface area contributed by atoms with Crippen molar-refractivity contribution in [3.63, 3.8) is 0 Å². The van der Waals surface area contributed by atoms with Crippen LogP contribution in [0.3, 0.4) is 0 Å². The second-order valence-corrected chi connectivity index (χ2v) is 6.86. The number of carboxylic acids is 1. The maximum absolute atomic E-state index is 12.5. The molecule has 0 atom stereocenters. The standard InChI is InChI=1S/C14H19N3O3S/c18-12(10-9-15-17-6-2-1-3-11(10)17)16-14(13(19)20)4-7-21-8-5-14/h9H,1-8H2,(H,16,18)(H,19,20). The molecule has 3 heterocycles. The molecule has 1 aromatic rings. The highest BCUT2D eigenvalue weighted by Gasteiger charge is 2.42. The summed E-state index contributed by atoms with van der Waals surface area (Å²) in [5.74, 6) is 0.293. The third-order valence-corrected chi connectivity index (χ3v) is 5.32. The van der Waals surface area contributed by atoms with Crippen molar-refractivity contribution in [2.45, 2.75) is 44.2 Å². The quantitative estimate of drug-likeness (QED) is 0.879. The highest BCUT2D eigenvalue weighted by Crippen LogP contribution is 2.28. The van der Waals surface area contributed by atoms with Crippen LogP contribution < -0.4 is 5.32 Å². The molecule has 0 aliphatic carbocycles. The van der Waals surface area contributed by atoms with E-state index in [1.54, 1.807) is 18.0 Å². The Kier molecular flexibility index (Phi) is 3.93. The topological polar surface area (TPSA) is 84.2 Å². The van der Waals surface area contributed by atoms with Crippen molar-refractivity contribution in [2.75, 3.05) is 11.5 Å². The first-order chi connectivity index (χ1) is 10.1. The lowest BCUT2D eigenvalue weighted by Crippen LogP contribution is -2.56. The number of nitrogens with one attached hydrogen (secondary N) is 1. The molecule has 0 bridgehead atoms. The van der Waals surface area contributed by atoms with Gasteiger partial charge in [0.2, 0.25) is 0 Å². The Hall–Kier alpha value is -1.50. The first kappa shape index (κ1) is 14.4. The fourth-order valence-corrected chi connectivity index (χ4v) is 4.20. The maximum atomic E-state index is 12.5. The number of amides is 1. The van der Waals surface area contributed by atoms with Gasteiger partial charge in [0, 0.05) is 6.54 Å². The van der Waals surface area contributed by atoms with Crippen LogP contribution in [0.25, 0.3) is 0 Å². The highest BCUT2D eigenvalue weighted by molar-refractivity contribution is 7.99. The summed E-state index contributed by atoms with van der Waals surface area (Å²) in [5, 5.41) is 16.6. The minimum Gasteiger partial charge on any atom is -0.480 e. The van der Waals surface area contributed by atoms with Gasteiger partial charge in [-0.3, -0.25) is 9.48 Å². The lowest BCUT2D eigenvalue weighted by molar-refractivity contribution is -0.144. The van der Waals surface area contributed by atoms with Gasteiger partial charge in [0.05, 0.1) is 17.5 Å². The summed E-state index contributed by atoms with van der Waals surface area (Å²) in [6.45, 7) is 0.837. The van der Waals surface area contributed by atoms with E-state index >= 15 is 0 Å². The van der Waals surface area contributed by atoms with E-state index in [1.165, 1.54) is 0 Å². The van der Waals surface area contributed by atoms with Crippen LogP contribution in [0.5, 0.6) is 0 Å². The van der Waals surface area contributed by atoms with E-state index in [2.05, 4.69) is 10.4 Å². The Balaban J connectivity index is 1.82. The van der Waals surface area contributed by atoms with Crippen LogP contribution in [0.4, 0.5) is 0 Å². The van der Waals surface area contributed by atoms with Gasteiger partial charge in [-0.25, -0.2) is 4.79 Å². The van der Waals surface area contributed by atoms with Crippen molar-refractivity contribution >= 4 is 23.6 Å². The lowest BCUT2D eigenvalue weighted by Gasteiger charge is -2.33. The Morgan fingerprint density at radius 1 is 1.33 bits per heavy atom. The molecule has 6 nitrogen and oxygen atoms in total. The molecular weight excluding hydrogens is 290 g/mol. The molecule has 2 aliphatic rings. The van der Waals surface area contributed by atoms with Crippen LogP contribution in [-0.4, -0.2) is 43.8 Å². The Morgan fingerprint density at radius 2 is 2.10 bits per heavy atom. The summed E-state index contributed by atoms with van der Waals surface area (Å²) in [5.41, 5.74) is 0.351. The van der Waals surface area contributed by atoms with E-state index in [-0.39, 0.29) is 5.91 Å². The number of thioether (sulfide) groups is 1. The van der Waals surface area contributed by atoms with Crippen molar-refractivity contribution in [3.05, 3.63) is 17.5 Å². The van der Waals surface area contributed by atoms with Gasteiger partial charge in [0.15, 0.2) is 0 Å². The fraction of sp³-hybridized carbons (Fsp3) is 0.643. The Morgan fingerprint density at radius 3 is 2.81 bits per heavy atom. The summed E-state index contributed by atoms with van der Waals surface area (Å²) in [6.07, 6.45) is 5.48. The molecule has 2 N–H and O–H groups in total. The third kappa shape index (κ3) is 2.66. The monoisotopic (exact) mass is 309 g/mol. The molecule has 0 spiro atoms. The average Bonchev–Trinajstić information content (AvgIpc) is 2.92. The second-order valence-electron chi connectivity index (χ2n) is 5.64. The molecule has 1 fully saturated rings. The van der Waals surface area contributed by atoms with Crippen LogP contribution >= 0.6 is 11.8 Å². The van der Waals surface area contributed by atoms with Gasteiger partial charge in [-0.2, -0.15) is 16.9 Å². The molecule has 2 aliphatic heterocycles. The summed E-state index contributed by atoms with van der Waals surface area (Å²) in [6, 6.07) is 0. The molecule has 114 valence electrons. The maximum Gasteiger partial charge on any atom is 0.329 e. The summed E-state index contributed by atoms with van der Waals surface area (Å²) >= 11 is 1.73. The van der Waals surface area contributed by atoms with Gasteiger partial charge in [0.25, 0.3) is 5.91 Å². The fourth-order valence-electron chi connectivity index (χ4n) is 3.01. The zero-order valence-electron chi connectivity index (χ0n) is 11.8. The minimum absolute atomic E-state index is 0.299.